The summed E-state index contributed by atoms with van der Waals surface area (Å²) in [5.74, 6) is 0.259. The van der Waals surface area contributed by atoms with Crippen LogP contribution < -0.4 is 15.4 Å². The zero-order valence-electron chi connectivity index (χ0n) is 15.8. The second-order valence-electron chi connectivity index (χ2n) is 6.21. The molecule has 6 heteroatoms. The van der Waals surface area contributed by atoms with Crippen molar-refractivity contribution in [3.63, 3.8) is 0 Å². The van der Waals surface area contributed by atoms with Gasteiger partial charge in [0.15, 0.2) is 0 Å². The Morgan fingerprint density at radius 3 is 2.75 bits per heavy atom. The highest BCUT2D eigenvalue weighted by Gasteiger charge is 2.11. The van der Waals surface area contributed by atoms with Crippen LogP contribution in [0.25, 0.3) is 10.9 Å². The highest BCUT2D eigenvalue weighted by Crippen LogP contribution is 2.21. The first-order valence-electron chi connectivity index (χ1n) is 9.32. The molecule has 1 heterocycles. The number of fused-ring (bicyclic) bond motifs is 1. The van der Waals surface area contributed by atoms with Crippen molar-refractivity contribution in [1.29, 1.82) is 0 Å². The Kier molecular flexibility index (Phi) is 6.57. The Labute approximate surface area is 163 Å². The van der Waals surface area contributed by atoms with Crippen molar-refractivity contribution in [3.8, 4) is 5.75 Å². The van der Waals surface area contributed by atoms with Gasteiger partial charge in [-0.25, -0.2) is 0 Å². The molecule has 0 radical (unpaired) electrons. The number of nitrogens with one attached hydrogen (secondary N) is 2. The summed E-state index contributed by atoms with van der Waals surface area (Å²) in [5, 5.41) is 6.66. The summed E-state index contributed by atoms with van der Waals surface area (Å²) < 4.78 is 5.47. The molecule has 0 aliphatic heterocycles. The second-order valence-corrected chi connectivity index (χ2v) is 6.21. The number of rotatable bonds is 8. The van der Waals surface area contributed by atoms with Gasteiger partial charge in [0.2, 0.25) is 5.91 Å². The normalized spacial score (nSPS) is 10.5. The first-order chi connectivity index (χ1) is 13.7. The molecular formula is C22H23N3O3. The number of amides is 2. The van der Waals surface area contributed by atoms with Crippen LogP contribution in [0.2, 0.25) is 0 Å². The molecule has 3 rings (SSSR count). The summed E-state index contributed by atoms with van der Waals surface area (Å²) in [5.41, 5.74) is 2.07. The fourth-order valence-electron chi connectivity index (χ4n) is 2.91. The summed E-state index contributed by atoms with van der Waals surface area (Å²) in [6, 6.07) is 16.5. The summed E-state index contributed by atoms with van der Waals surface area (Å²) in [4.78, 5) is 28.9. The van der Waals surface area contributed by atoms with Crippen molar-refractivity contribution in [1.82, 2.24) is 10.3 Å². The fourth-order valence-corrected chi connectivity index (χ4v) is 2.91. The lowest BCUT2D eigenvalue weighted by Crippen LogP contribution is -2.26. The predicted molar refractivity (Wildman–Crippen MR) is 110 cm³/mol. The van der Waals surface area contributed by atoms with E-state index in [0.29, 0.717) is 37.3 Å². The zero-order chi connectivity index (χ0) is 19.8. The third kappa shape index (κ3) is 4.85. The standard InChI is InChI=1S/C22H23N3O3/c1-2-28-20-12-4-3-8-17(20)22(27)24-15-7-13-21(26)25-19-11-5-10-18-16(19)9-6-14-23-18/h3-6,8-12,14H,2,7,13,15H2,1H3,(H,24,27)(H,25,26). The molecule has 0 aliphatic carbocycles. The molecule has 0 aliphatic rings. The van der Waals surface area contributed by atoms with Crippen molar-refractivity contribution in [2.24, 2.45) is 0 Å². The van der Waals surface area contributed by atoms with Crippen molar-refractivity contribution >= 4 is 28.4 Å². The number of pyridine rings is 1. The van der Waals surface area contributed by atoms with Crippen molar-refractivity contribution in [2.45, 2.75) is 19.8 Å². The van der Waals surface area contributed by atoms with E-state index in [1.54, 1.807) is 24.4 Å². The van der Waals surface area contributed by atoms with E-state index in [1.807, 2.05) is 43.3 Å². The Bertz CT molecular complexity index is 967. The molecular weight excluding hydrogens is 354 g/mol. The van der Waals surface area contributed by atoms with Gasteiger partial charge in [0.05, 0.1) is 23.4 Å². The minimum atomic E-state index is -0.204. The molecule has 0 atom stereocenters. The van der Waals surface area contributed by atoms with Gasteiger partial charge in [-0.05, 0) is 49.7 Å². The van der Waals surface area contributed by atoms with Gasteiger partial charge < -0.3 is 15.4 Å². The summed E-state index contributed by atoms with van der Waals surface area (Å²) in [7, 11) is 0. The van der Waals surface area contributed by atoms with Gasteiger partial charge in [0.25, 0.3) is 5.91 Å². The summed E-state index contributed by atoms with van der Waals surface area (Å²) >= 11 is 0. The van der Waals surface area contributed by atoms with E-state index >= 15 is 0 Å². The van der Waals surface area contributed by atoms with Crippen LogP contribution in [0.4, 0.5) is 5.69 Å². The minimum absolute atomic E-state index is 0.0969. The maximum Gasteiger partial charge on any atom is 0.255 e. The van der Waals surface area contributed by atoms with Crippen molar-refractivity contribution in [3.05, 3.63) is 66.4 Å². The van der Waals surface area contributed by atoms with E-state index < -0.39 is 0 Å². The lowest BCUT2D eigenvalue weighted by molar-refractivity contribution is -0.116. The maximum atomic E-state index is 12.3. The quantitative estimate of drug-likeness (QED) is 0.586. The van der Waals surface area contributed by atoms with E-state index in [-0.39, 0.29) is 11.8 Å². The van der Waals surface area contributed by atoms with Crippen LogP contribution >= 0.6 is 0 Å². The SMILES string of the molecule is CCOc1ccccc1C(=O)NCCCC(=O)Nc1cccc2ncccc12. The van der Waals surface area contributed by atoms with Crippen LogP contribution in [0, 0.1) is 0 Å². The first kappa shape index (κ1) is 19.4. The van der Waals surface area contributed by atoms with Crippen molar-refractivity contribution in [2.75, 3.05) is 18.5 Å². The lowest BCUT2D eigenvalue weighted by atomic mass is 10.1. The third-order valence-corrected chi connectivity index (χ3v) is 4.22. The van der Waals surface area contributed by atoms with Gasteiger partial charge in [-0.3, -0.25) is 14.6 Å². The molecule has 1 aromatic heterocycles. The number of carbonyl (C=O) groups is 2. The number of anilines is 1. The molecule has 0 saturated carbocycles. The van der Waals surface area contributed by atoms with Gasteiger partial charge in [-0.15, -0.1) is 0 Å². The average Bonchev–Trinajstić information content (AvgIpc) is 2.72. The number of aromatic nitrogens is 1. The molecule has 0 spiro atoms. The highest BCUT2D eigenvalue weighted by molar-refractivity contribution is 6.01. The Hall–Kier alpha value is -3.41. The van der Waals surface area contributed by atoms with E-state index in [9.17, 15) is 9.59 Å². The van der Waals surface area contributed by atoms with E-state index in [2.05, 4.69) is 15.6 Å². The van der Waals surface area contributed by atoms with Gasteiger partial charge in [-0.2, -0.15) is 0 Å². The van der Waals surface area contributed by atoms with E-state index in [1.165, 1.54) is 0 Å². The fraction of sp³-hybridized carbons (Fsp3) is 0.227. The van der Waals surface area contributed by atoms with Crippen LogP contribution in [0.15, 0.2) is 60.8 Å². The second kappa shape index (κ2) is 9.50. The lowest BCUT2D eigenvalue weighted by Gasteiger charge is -2.11. The van der Waals surface area contributed by atoms with Crippen LogP contribution in [-0.4, -0.2) is 29.9 Å². The third-order valence-electron chi connectivity index (χ3n) is 4.22. The van der Waals surface area contributed by atoms with E-state index in [4.69, 9.17) is 4.74 Å². The molecule has 2 amide bonds. The molecule has 6 nitrogen and oxygen atoms in total. The molecule has 0 saturated heterocycles. The first-order valence-corrected chi connectivity index (χ1v) is 9.32. The molecule has 144 valence electrons. The molecule has 0 unspecified atom stereocenters. The Morgan fingerprint density at radius 2 is 1.89 bits per heavy atom. The Balaban J connectivity index is 1.49. The molecule has 2 N–H and O–H groups in total. The number of nitrogens with zero attached hydrogens (tertiary/aromatic N) is 1. The van der Waals surface area contributed by atoms with Crippen LogP contribution in [-0.2, 0) is 4.79 Å². The molecule has 0 bridgehead atoms. The topological polar surface area (TPSA) is 80.3 Å². The Morgan fingerprint density at radius 1 is 1.04 bits per heavy atom. The number of hydrogen-bond donors (Lipinski definition) is 2. The maximum absolute atomic E-state index is 12.3. The monoisotopic (exact) mass is 377 g/mol. The molecule has 2 aromatic carbocycles. The van der Waals surface area contributed by atoms with E-state index in [0.717, 1.165) is 16.6 Å². The number of hydrogen-bond acceptors (Lipinski definition) is 4. The van der Waals surface area contributed by atoms with Gasteiger partial charge >= 0.3 is 0 Å². The molecule has 28 heavy (non-hydrogen) atoms. The van der Waals surface area contributed by atoms with Crippen LogP contribution in [0.5, 0.6) is 5.75 Å². The minimum Gasteiger partial charge on any atom is -0.493 e. The van der Waals surface area contributed by atoms with Gasteiger partial charge in [-0.1, -0.05) is 18.2 Å². The zero-order valence-corrected chi connectivity index (χ0v) is 15.8. The smallest absolute Gasteiger partial charge is 0.255 e. The predicted octanol–water partition coefficient (Wildman–Crippen LogP) is 3.78. The summed E-state index contributed by atoms with van der Waals surface area (Å²) in [6.45, 7) is 2.78. The summed E-state index contributed by atoms with van der Waals surface area (Å²) in [6.07, 6.45) is 2.57. The largest absolute Gasteiger partial charge is 0.493 e. The highest BCUT2D eigenvalue weighted by atomic mass is 16.5. The van der Waals surface area contributed by atoms with Crippen LogP contribution in [0.1, 0.15) is 30.1 Å². The average molecular weight is 377 g/mol. The number of benzene rings is 2. The van der Waals surface area contributed by atoms with Gasteiger partial charge in [0, 0.05) is 24.5 Å². The van der Waals surface area contributed by atoms with Gasteiger partial charge in [0.1, 0.15) is 5.75 Å². The molecule has 0 fully saturated rings. The number of carbonyl (C=O) groups excluding carboxylic acids is 2. The number of ether oxygens (including phenoxy) is 1. The molecule has 3 aromatic rings. The van der Waals surface area contributed by atoms with Crippen molar-refractivity contribution < 1.29 is 14.3 Å². The number of para-hydroxylation sites is 1. The van der Waals surface area contributed by atoms with Crippen LogP contribution in [0.3, 0.4) is 0 Å².